The zero-order valence-corrected chi connectivity index (χ0v) is 12.4. The number of nitrogen functional groups attached to an aromatic ring is 1. The summed E-state index contributed by atoms with van der Waals surface area (Å²) in [5, 5.41) is 10.1. The van der Waals surface area contributed by atoms with Gasteiger partial charge in [0.05, 0.1) is 5.75 Å². The Morgan fingerprint density at radius 2 is 2.40 bits per heavy atom. The number of fused-ring (bicyclic) bond motifs is 2. The van der Waals surface area contributed by atoms with Crippen LogP contribution in [0.5, 0.6) is 0 Å². The Kier molecular flexibility index (Phi) is 3.87. The summed E-state index contributed by atoms with van der Waals surface area (Å²) >= 11 is 1.30. The highest BCUT2D eigenvalue weighted by atomic mass is 32.2. The fourth-order valence-electron chi connectivity index (χ4n) is 3.76. The number of anilines is 1. The van der Waals surface area contributed by atoms with Gasteiger partial charge in [-0.25, -0.2) is 5.10 Å². The molecule has 0 saturated heterocycles. The molecule has 2 bridgehead atoms. The van der Waals surface area contributed by atoms with Crippen LogP contribution in [0.4, 0.5) is 5.95 Å². The fraction of sp³-hybridized carbons (Fsp3) is 0.769. The second kappa shape index (κ2) is 5.63. The van der Waals surface area contributed by atoms with Crippen molar-refractivity contribution < 1.29 is 4.79 Å². The molecule has 0 radical (unpaired) electrons. The summed E-state index contributed by atoms with van der Waals surface area (Å²) in [6.07, 6.45) is 5.40. The average molecular weight is 295 g/mol. The summed E-state index contributed by atoms with van der Waals surface area (Å²) in [6.45, 7) is 2.14. The first-order valence-corrected chi connectivity index (χ1v) is 8.20. The number of aromatic amines is 1. The highest BCUT2D eigenvalue weighted by Crippen LogP contribution is 2.49. The summed E-state index contributed by atoms with van der Waals surface area (Å²) in [5.41, 5.74) is 5.44. The van der Waals surface area contributed by atoms with Gasteiger partial charge in [0, 0.05) is 6.04 Å². The molecular formula is C13H21N5OS. The third-order valence-electron chi connectivity index (χ3n) is 4.64. The van der Waals surface area contributed by atoms with Crippen LogP contribution in [0.3, 0.4) is 0 Å². The number of aromatic nitrogens is 3. The van der Waals surface area contributed by atoms with E-state index >= 15 is 0 Å². The SMILES string of the molecule is CC(NC(=O)CSc1n[nH]c(N)n1)C1CC2CCC1C2. The Bertz CT molecular complexity index is 491. The van der Waals surface area contributed by atoms with Gasteiger partial charge in [-0.3, -0.25) is 4.79 Å². The molecule has 1 amide bonds. The number of H-pyrrole nitrogens is 1. The van der Waals surface area contributed by atoms with E-state index < -0.39 is 0 Å². The van der Waals surface area contributed by atoms with Gasteiger partial charge in [0.15, 0.2) is 0 Å². The van der Waals surface area contributed by atoms with E-state index in [1.165, 1.54) is 37.4 Å². The standard InChI is InChI=1S/C13H21N5OS/c1-7(10-5-8-2-3-9(10)4-8)15-11(19)6-20-13-16-12(14)17-18-13/h7-10H,2-6H2,1H3,(H,15,19)(H3,14,16,17,18). The maximum absolute atomic E-state index is 12.0. The van der Waals surface area contributed by atoms with E-state index in [1.54, 1.807) is 0 Å². The van der Waals surface area contributed by atoms with Gasteiger partial charge < -0.3 is 11.1 Å². The number of nitrogens with two attached hydrogens (primary N) is 1. The Hall–Kier alpha value is -1.24. The molecule has 2 aliphatic carbocycles. The molecule has 6 nitrogen and oxygen atoms in total. The molecular weight excluding hydrogens is 274 g/mol. The third kappa shape index (κ3) is 2.92. The number of carbonyl (C=O) groups is 1. The van der Waals surface area contributed by atoms with Crippen molar-refractivity contribution in [2.45, 2.75) is 43.8 Å². The zero-order valence-electron chi connectivity index (χ0n) is 11.6. The van der Waals surface area contributed by atoms with Gasteiger partial charge in [0.25, 0.3) is 0 Å². The van der Waals surface area contributed by atoms with Gasteiger partial charge in [-0.2, -0.15) is 4.98 Å². The van der Waals surface area contributed by atoms with E-state index in [4.69, 9.17) is 5.73 Å². The van der Waals surface area contributed by atoms with Crippen LogP contribution in [0.15, 0.2) is 5.16 Å². The molecule has 1 heterocycles. The molecule has 1 aromatic heterocycles. The predicted molar refractivity (Wildman–Crippen MR) is 78.1 cm³/mol. The first-order chi connectivity index (χ1) is 9.61. The molecule has 0 aliphatic heterocycles. The molecule has 4 N–H and O–H groups in total. The van der Waals surface area contributed by atoms with Crippen molar-refractivity contribution in [1.29, 1.82) is 0 Å². The quantitative estimate of drug-likeness (QED) is 0.714. The Morgan fingerprint density at radius 1 is 1.55 bits per heavy atom. The summed E-state index contributed by atoms with van der Waals surface area (Å²) in [6, 6.07) is 0.274. The highest BCUT2D eigenvalue weighted by molar-refractivity contribution is 7.99. The van der Waals surface area contributed by atoms with E-state index in [0.717, 1.165) is 11.8 Å². The molecule has 3 rings (SSSR count). The Balaban J connectivity index is 1.44. The molecule has 2 fully saturated rings. The average Bonchev–Trinajstić information content (AvgIpc) is 3.12. The molecule has 1 aromatic rings. The maximum atomic E-state index is 12.0. The summed E-state index contributed by atoms with van der Waals surface area (Å²) < 4.78 is 0. The van der Waals surface area contributed by atoms with E-state index in [2.05, 4.69) is 27.4 Å². The van der Waals surface area contributed by atoms with Gasteiger partial charge >= 0.3 is 0 Å². The second-order valence-electron chi connectivity index (χ2n) is 5.99. The second-order valence-corrected chi connectivity index (χ2v) is 6.93. The van der Waals surface area contributed by atoms with E-state index in [0.29, 0.717) is 16.8 Å². The van der Waals surface area contributed by atoms with Crippen LogP contribution in [0.25, 0.3) is 0 Å². The van der Waals surface area contributed by atoms with Gasteiger partial charge in [0.1, 0.15) is 0 Å². The number of hydrogen-bond acceptors (Lipinski definition) is 5. The van der Waals surface area contributed by atoms with Gasteiger partial charge in [-0.05, 0) is 43.9 Å². The van der Waals surface area contributed by atoms with Crippen LogP contribution in [-0.4, -0.2) is 32.9 Å². The first-order valence-electron chi connectivity index (χ1n) is 7.22. The normalized spacial score (nSPS) is 29.6. The van der Waals surface area contributed by atoms with Crippen LogP contribution in [0.2, 0.25) is 0 Å². The van der Waals surface area contributed by atoms with E-state index in [9.17, 15) is 4.79 Å². The monoisotopic (exact) mass is 295 g/mol. The predicted octanol–water partition coefficient (Wildman–Crippen LogP) is 1.42. The molecule has 4 atom stereocenters. The minimum atomic E-state index is 0.0497. The van der Waals surface area contributed by atoms with Crippen LogP contribution in [0, 0.1) is 17.8 Å². The number of nitrogens with one attached hydrogen (secondary N) is 2. The Morgan fingerprint density at radius 3 is 3.00 bits per heavy atom. The van der Waals surface area contributed by atoms with Crippen LogP contribution in [0.1, 0.15) is 32.6 Å². The number of nitrogens with zero attached hydrogens (tertiary/aromatic N) is 2. The van der Waals surface area contributed by atoms with E-state index in [1.807, 2.05) is 0 Å². The van der Waals surface area contributed by atoms with Crippen LogP contribution < -0.4 is 11.1 Å². The minimum Gasteiger partial charge on any atom is -0.368 e. The number of rotatable bonds is 5. The molecule has 4 unspecified atom stereocenters. The van der Waals surface area contributed by atoms with Crippen LogP contribution in [-0.2, 0) is 4.79 Å². The van der Waals surface area contributed by atoms with Crippen molar-refractivity contribution in [3.8, 4) is 0 Å². The third-order valence-corrected chi connectivity index (χ3v) is 5.49. The maximum Gasteiger partial charge on any atom is 0.230 e. The molecule has 0 aromatic carbocycles. The largest absolute Gasteiger partial charge is 0.368 e. The first kappa shape index (κ1) is 13.7. The number of thioether (sulfide) groups is 1. The molecule has 2 saturated carbocycles. The van der Waals surface area contributed by atoms with Crippen molar-refractivity contribution in [2.75, 3.05) is 11.5 Å². The molecule has 20 heavy (non-hydrogen) atoms. The smallest absolute Gasteiger partial charge is 0.230 e. The number of amides is 1. The van der Waals surface area contributed by atoms with Crippen molar-refractivity contribution in [1.82, 2.24) is 20.5 Å². The lowest BCUT2D eigenvalue weighted by atomic mass is 9.84. The van der Waals surface area contributed by atoms with Crippen molar-refractivity contribution in [3.63, 3.8) is 0 Å². The lowest BCUT2D eigenvalue weighted by Crippen LogP contribution is -2.40. The molecule has 110 valence electrons. The topological polar surface area (TPSA) is 96.7 Å². The lowest BCUT2D eigenvalue weighted by Gasteiger charge is -2.28. The highest BCUT2D eigenvalue weighted by Gasteiger charge is 2.42. The Labute approximate surface area is 122 Å². The number of carbonyl (C=O) groups excluding carboxylic acids is 1. The summed E-state index contributed by atoms with van der Waals surface area (Å²) in [4.78, 5) is 15.9. The van der Waals surface area contributed by atoms with Crippen molar-refractivity contribution in [2.24, 2.45) is 17.8 Å². The molecule has 7 heteroatoms. The van der Waals surface area contributed by atoms with Gasteiger partial charge in [0.2, 0.25) is 17.0 Å². The number of hydrogen-bond donors (Lipinski definition) is 3. The van der Waals surface area contributed by atoms with Crippen molar-refractivity contribution >= 4 is 23.6 Å². The summed E-state index contributed by atoms with van der Waals surface area (Å²) in [5.74, 6) is 3.08. The molecule has 2 aliphatic rings. The fourth-order valence-corrected chi connectivity index (χ4v) is 4.38. The van der Waals surface area contributed by atoms with Crippen LogP contribution >= 0.6 is 11.8 Å². The summed E-state index contributed by atoms with van der Waals surface area (Å²) in [7, 11) is 0. The van der Waals surface area contributed by atoms with Gasteiger partial charge in [-0.15, -0.1) is 5.10 Å². The van der Waals surface area contributed by atoms with Crippen molar-refractivity contribution in [3.05, 3.63) is 0 Å². The zero-order chi connectivity index (χ0) is 14.1. The van der Waals surface area contributed by atoms with Gasteiger partial charge in [-0.1, -0.05) is 18.2 Å². The van der Waals surface area contributed by atoms with E-state index in [-0.39, 0.29) is 17.9 Å². The molecule has 0 spiro atoms. The minimum absolute atomic E-state index is 0.0497. The lowest BCUT2D eigenvalue weighted by molar-refractivity contribution is -0.119.